The third-order valence-electron chi connectivity index (χ3n) is 3.02. The molecule has 1 aromatic carbocycles. The largest absolute Gasteiger partial charge is 0.495 e. The molecule has 0 atom stereocenters. The standard InChI is InChI=1S/C14H12ClN3O3S2/c1-21-12-3-2-9(8-10(12)15)18-23(19,20)14-5-4-13(22-14)11-6-7-16-17-11/h2-8,18H,1H3,(H,16,17). The van der Waals surface area contributed by atoms with Gasteiger partial charge in [0.25, 0.3) is 10.0 Å². The molecule has 0 spiro atoms. The van der Waals surface area contributed by atoms with Gasteiger partial charge in [-0.25, -0.2) is 8.42 Å². The zero-order chi connectivity index (χ0) is 16.4. The van der Waals surface area contributed by atoms with Crippen molar-refractivity contribution in [1.29, 1.82) is 0 Å². The highest BCUT2D eigenvalue weighted by molar-refractivity contribution is 7.94. The monoisotopic (exact) mass is 369 g/mol. The zero-order valence-corrected chi connectivity index (χ0v) is 14.3. The van der Waals surface area contributed by atoms with Crippen LogP contribution in [0.3, 0.4) is 0 Å². The fourth-order valence-electron chi connectivity index (χ4n) is 1.94. The fourth-order valence-corrected chi connectivity index (χ4v) is 4.53. The molecule has 0 aliphatic rings. The van der Waals surface area contributed by atoms with Gasteiger partial charge in [-0.3, -0.25) is 9.82 Å². The minimum Gasteiger partial charge on any atom is -0.495 e. The molecule has 120 valence electrons. The van der Waals surface area contributed by atoms with Crippen LogP contribution in [0.15, 0.2) is 46.8 Å². The second-order valence-corrected chi connectivity index (χ2v) is 7.94. The van der Waals surface area contributed by atoms with Crippen molar-refractivity contribution in [3.63, 3.8) is 0 Å². The number of hydrogen-bond acceptors (Lipinski definition) is 5. The van der Waals surface area contributed by atoms with Gasteiger partial charge in [-0.2, -0.15) is 5.10 Å². The first-order chi connectivity index (χ1) is 11.0. The number of rotatable bonds is 5. The lowest BCUT2D eigenvalue weighted by Crippen LogP contribution is -2.11. The molecule has 23 heavy (non-hydrogen) atoms. The van der Waals surface area contributed by atoms with Gasteiger partial charge in [0.05, 0.1) is 28.4 Å². The number of halogens is 1. The maximum atomic E-state index is 12.4. The molecule has 0 bridgehead atoms. The third-order valence-corrected chi connectivity index (χ3v) is 6.30. The molecule has 2 heterocycles. The highest BCUT2D eigenvalue weighted by Crippen LogP contribution is 2.32. The molecule has 0 unspecified atom stereocenters. The van der Waals surface area contributed by atoms with Gasteiger partial charge in [-0.05, 0) is 36.4 Å². The summed E-state index contributed by atoms with van der Waals surface area (Å²) in [5.74, 6) is 0.479. The highest BCUT2D eigenvalue weighted by atomic mass is 35.5. The number of nitrogens with one attached hydrogen (secondary N) is 2. The van der Waals surface area contributed by atoms with Gasteiger partial charge in [0.2, 0.25) is 0 Å². The molecular weight excluding hydrogens is 358 g/mol. The second-order valence-electron chi connectivity index (χ2n) is 4.54. The van der Waals surface area contributed by atoms with Gasteiger partial charge in [-0.15, -0.1) is 11.3 Å². The van der Waals surface area contributed by atoms with Crippen molar-refractivity contribution in [3.8, 4) is 16.3 Å². The van der Waals surface area contributed by atoms with Crippen molar-refractivity contribution < 1.29 is 13.2 Å². The van der Waals surface area contributed by atoms with Gasteiger partial charge >= 0.3 is 0 Å². The Bertz CT molecular complexity index is 921. The molecule has 9 heteroatoms. The second kappa shape index (κ2) is 6.23. The van der Waals surface area contributed by atoms with Gasteiger partial charge in [-0.1, -0.05) is 11.6 Å². The number of H-pyrrole nitrogens is 1. The van der Waals surface area contributed by atoms with Crippen molar-refractivity contribution in [2.75, 3.05) is 11.8 Å². The minimum absolute atomic E-state index is 0.203. The zero-order valence-electron chi connectivity index (χ0n) is 11.9. The quantitative estimate of drug-likeness (QED) is 0.719. The van der Waals surface area contributed by atoms with Crippen LogP contribution in [0.1, 0.15) is 0 Å². The first-order valence-electron chi connectivity index (χ1n) is 6.45. The SMILES string of the molecule is COc1ccc(NS(=O)(=O)c2ccc(-c3ccn[nH]3)s2)cc1Cl. The Morgan fingerprint density at radius 2 is 2.09 bits per heavy atom. The summed E-state index contributed by atoms with van der Waals surface area (Å²) in [5.41, 5.74) is 1.14. The normalized spacial score (nSPS) is 11.4. The Kier molecular flexibility index (Phi) is 4.29. The van der Waals surface area contributed by atoms with E-state index in [0.717, 1.165) is 21.9 Å². The van der Waals surface area contributed by atoms with Crippen molar-refractivity contribution in [3.05, 3.63) is 47.6 Å². The Morgan fingerprint density at radius 1 is 1.26 bits per heavy atom. The molecule has 0 aliphatic carbocycles. The summed E-state index contributed by atoms with van der Waals surface area (Å²) in [6.45, 7) is 0. The number of methoxy groups -OCH3 is 1. The van der Waals surface area contributed by atoms with Gasteiger partial charge in [0.15, 0.2) is 0 Å². The predicted molar refractivity (Wildman–Crippen MR) is 90.7 cm³/mol. The van der Waals surface area contributed by atoms with Crippen molar-refractivity contribution in [2.45, 2.75) is 4.21 Å². The van der Waals surface area contributed by atoms with Gasteiger partial charge in [0.1, 0.15) is 9.96 Å². The van der Waals surface area contributed by atoms with Crippen LogP contribution in [0.4, 0.5) is 5.69 Å². The summed E-state index contributed by atoms with van der Waals surface area (Å²) in [4.78, 5) is 0.788. The van der Waals surface area contributed by atoms with Crippen molar-refractivity contribution in [1.82, 2.24) is 10.2 Å². The van der Waals surface area contributed by atoms with Gasteiger partial charge in [0, 0.05) is 6.20 Å². The fraction of sp³-hybridized carbons (Fsp3) is 0.0714. The number of aromatic nitrogens is 2. The molecule has 0 aliphatic heterocycles. The van der Waals surface area contributed by atoms with Crippen LogP contribution in [0.25, 0.3) is 10.6 Å². The number of ether oxygens (including phenoxy) is 1. The molecule has 0 amide bonds. The van der Waals surface area contributed by atoms with E-state index in [9.17, 15) is 8.42 Å². The van der Waals surface area contributed by atoms with E-state index in [-0.39, 0.29) is 4.21 Å². The lowest BCUT2D eigenvalue weighted by atomic mass is 10.3. The van der Waals surface area contributed by atoms with Crippen LogP contribution in [0, 0.1) is 0 Å². The molecule has 6 nitrogen and oxygen atoms in total. The van der Waals surface area contributed by atoms with Crippen LogP contribution in [0.5, 0.6) is 5.75 Å². The van der Waals surface area contributed by atoms with Crippen LogP contribution in [0.2, 0.25) is 5.02 Å². The molecule has 0 fully saturated rings. The number of anilines is 1. The number of sulfonamides is 1. The van der Waals surface area contributed by atoms with E-state index in [1.165, 1.54) is 13.2 Å². The van der Waals surface area contributed by atoms with E-state index in [2.05, 4.69) is 14.9 Å². The van der Waals surface area contributed by atoms with Crippen molar-refractivity contribution in [2.24, 2.45) is 0 Å². The maximum Gasteiger partial charge on any atom is 0.271 e. The Balaban J connectivity index is 1.86. The van der Waals surface area contributed by atoms with E-state index in [1.54, 1.807) is 36.5 Å². The molecule has 3 aromatic rings. The van der Waals surface area contributed by atoms with Crippen LogP contribution < -0.4 is 9.46 Å². The summed E-state index contributed by atoms with van der Waals surface area (Å²) < 4.78 is 32.6. The highest BCUT2D eigenvalue weighted by Gasteiger charge is 2.18. The average molecular weight is 370 g/mol. The molecule has 2 N–H and O–H groups in total. The van der Waals surface area contributed by atoms with Crippen molar-refractivity contribution >= 4 is 38.6 Å². The summed E-state index contributed by atoms with van der Waals surface area (Å²) in [7, 11) is -2.19. The minimum atomic E-state index is -3.69. The molecule has 0 radical (unpaired) electrons. The lowest BCUT2D eigenvalue weighted by Gasteiger charge is -2.08. The van der Waals surface area contributed by atoms with E-state index in [4.69, 9.17) is 16.3 Å². The van der Waals surface area contributed by atoms with Gasteiger partial charge < -0.3 is 4.74 Å². The molecule has 0 saturated carbocycles. The molecule has 0 saturated heterocycles. The summed E-state index contributed by atoms with van der Waals surface area (Å²) in [6.07, 6.45) is 1.61. The summed E-state index contributed by atoms with van der Waals surface area (Å²) >= 11 is 7.16. The van der Waals surface area contributed by atoms with E-state index in [0.29, 0.717) is 16.5 Å². The van der Waals surface area contributed by atoms with E-state index in [1.807, 2.05) is 0 Å². The number of hydrogen-bond donors (Lipinski definition) is 2. The average Bonchev–Trinajstić information content (AvgIpc) is 3.18. The maximum absolute atomic E-state index is 12.4. The topological polar surface area (TPSA) is 84.1 Å². The molecular formula is C14H12ClN3O3S2. The Morgan fingerprint density at radius 3 is 2.74 bits per heavy atom. The first kappa shape index (κ1) is 15.9. The summed E-state index contributed by atoms with van der Waals surface area (Å²) in [5, 5.41) is 6.99. The number of aromatic amines is 1. The van der Waals surface area contributed by atoms with Crippen LogP contribution in [-0.2, 0) is 10.0 Å². The molecule has 2 aromatic heterocycles. The third kappa shape index (κ3) is 3.34. The Labute approximate surface area is 142 Å². The number of benzene rings is 1. The Hall–Kier alpha value is -2.03. The first-order valence-corrected chi connectivity index (χ1v) is 9.13. The number of nitrogens with zero attached hydrogens (tertiary/aromatic N) is 1. The predicted octanol–water partition coefficient (Wildman–Crippen LogP) is 3.60. The summed E-state index contributed by atoms with van der Waals surface area (Å²) in [6, 6.07) is 9.75. The van der Waals surface area contributed by atoms with Crippen LogP contribution >= 0.6 is 22.9 Å². The number of thiophene rings is 1. The van der Waals surface area contributed by atoms with E-state index >= 15 is 0 Å². The smallest absolute Gasteiger partial charge is 0.271 e. The molecule has 3 rings (SSSR count). The van der Waals surface area contributed by atoms with E-state index < -0.39 is 10.0 Å². The lowest BCUT2D eigenvalue weighted by molar-refractivity contribution is 0.415. The van der Waals surface area contributed by atoms with Crippen LogP contribution in [-0.4, -0.2) is 25.7 Å².